The Balaban J connectivity index is 3.64. The first-order chi connectivity index (χ1) is 7.82. The molecular weight excluding hydrogens is 247 g/mol. The number of nitriles is 1. The quantitative estimate of drug-likeness (QED) is 0.822. The molecule has 0 aromatic carbocycles. The lowest BCUT2D eigenvalue weighted by atomic mass is 10.0. The summed E-state index contributed by atoms with van der Waals surface area (Å²) in [4.78, 5) is 2.94. The number of aromatic nitrogens is 1. The molecule has 0 atom stereocenters. The first-order valence-electron chi connectivity index (χ1n) is 4.21. The molecule has 8 heteroatoms. The summed E-state index contributed by atoms with van der Waals surface area (Å²) in [5.74, 6) is 0. The average molecular weight is 252 g/mol. The van der Waals surface area contributed by atoms with Gasteiger partial charge in [-0.25, -0.2) is 8.78 Å². The van der Waals surface area contributed by atoms with Gasteiger partial charge in [0, 0.05) is 11.8 Å². The van der Waals surface area contributed by atoms with E-state index in [1.807, 2.05) is 0 Å². The molecule has 1 aromatic rings. The largest absolute Gasteiger partial charge is 0.419 e. The van der Waals surface area contributed by atoms with Crippen molar-refractivity contribution in [2.75, 3.05) is 0 Å². The molecule has 0 aliphatic carbocycles. The Labute approximate surface area is 92.1 Å². The third-order valence-electron chi connectivity index (χ3n) is 1.96. The Morgan fingerprint density at radius 3 is 2.35 bits per heavy atom. The molecule has 0 unspecified atom stereocenters. The first-order valence-corrected chi connectivity index (χ1v) is 4.21. The minimum Gasteiger partial charge on any atom is -0.392 e. The summed E-state index contributed by atoms with van der Waals surface area (Å²) >= 11 is 0. The van der Waals surface area contributed by atoms with Crippen LogP contribution >= 0.6 is 0 Å². The third kappa shape index (κ3) is 2.50. The number of rotatable bonds is 2. The van der Waals surface area contributed by atoms with Crippen molar-refractivity contribution in [2.24, 2.45) is 0 Å². The van der Waals surface area contributed by atoms with Gasteiger partial charge in [-0.3, -0.25) is 4.98 Å². The van der Waals surface area contributed by atoms with Gasteiger partial charge in [-0.05, 0) is 0 Å². The monoisotopic (exact) mass is 252 g/mol. The van der Waals surface area contributed by atoms with Crippen LogP contribution in [0.15, 0.2) is 6.20 Å². The minimum atomic E-state index is -5.13. The molecule has 92 valence electrons. The molecule has 0 saturated carbocycles. The van der Waals surface area contributed by atoms with Gasteiger partial charge in [0.05, 0.1) is 12.2 Å². The van der Waals surface area contributed by atoms with Crippen LogP contribution in [0.2, 0.25) is 0 Å². The van der Waals surface area contributed by atoms with Crippen LogP contribution in [0.25, 0.3) is 0 Å². The van der Waals surface area contributed by atoms with Crippen LogP contribution in [0, 0.1) is 11.3 Å². The van der Waals surface area contributed by atoms with Crippen LogP contribution in [0.4, 0.5) is 22.0 Å². The first kappa shape index (κ1) is 13.3. The van der Waals surface area contributed by atoms with E-state index in [1.165, 1.54) is 0 Å². The maximum atomic E-state index is 12.6. The molecule has 3 nitrogen and oxygen atoms in total. The number of aliphatic hydroxyl groups is 1. The molecule has 0 amide bonds. The van der Waals surface area contributed by atoms with Crippen molar-refractivity contribution in [3.8, 4) is 6.07 Å². The Hall–Kier alpha value is -1.75. The minimum absolute atomic E-state index is 0.441. The lowest BCUT2D eigenvalue weighted by Gasteiger charge is -2.14. The van der Waals surface area contributed by atoms with E-state index in [-0.39, 0.29) is 0 Å². The van der Waals surface area contributed by atoms with Crippen molar-refractivity contribution in [1.82, 2.24) is 4.98 Å². The average Bonchev–Trinajstić information content (AvgIpc) is 2.25. The maximum absolute atomic E-state index is 12.6. The van der Waals surface area contributed by atoms with E-state index in [1.54, 1.807) is 0 Å². The van der Waals surface area contributed by atoms with Gasteiger partial charge in [0.1, 0.15) is 17.3 Å². The molecule has 1 heterocycles. The number of aliphatic hydroxyl groups excluding tert-OH is 1. The van der Waals surface area contributed by atoms with Crippen molar-refractivity contribution < 1.29 is 27.1 Å². The number of pyridine rings is 1. The van der Waals surface area contributed by atoms with Crippen LogP contribution in [0.5, 0.6) is 0 Å². The van der Waals surface area contributed by atoms with Gasteiger partial charge >= 0.3 is 6.18 Å². The van der Waals surface area contributed by atoms with Gasteiger partial charge in [0.15, 0.2) is 0 Å². The number of nitrogens with zero attached hydrogens (tertiary/aromatic N) is 2. The Kier molecular flexibility index (Phi) is 3.63. The van der Waals surface area contributed by atoms with E-state index in [4.69, 9.17) is 10.4 Å². The van der Waals surface area contributed by atoms with Crippen LogP contribution in [-0.2, 0) is 12.8 Å². The van der Waals surface area contributed by atoms with Crippen molar-refractivity contribution in [3.63, 3.8) is 0 Å². The van der Waals surface area contributed by atoms with E-state index >= 15 is 0 Å². The lowest BCUT2D eigenvalue weighted by molar-refractivity contribution is -0.140. The second kappa shape index (κ2) is 4.63. The second-order valence-electron chi connectivity index (χ2n) is 2.99. The topological polar surface area (TPSA) is 56.9 Å². The highest BCUT2D eigenvalue weighted by Crippen LogP contribution is 2.38. The smallest absolute Gasteiger partial charge is 0.392 e. The number of alkyl halides is 5. The van der Waals surface area contributed by atoms with Crippen molar-refractivity contribution >= 4 is 0 Å². The van der Waals surface area contributed by atoms with Crippen LogP contribution < -0.4 is 0 Å². The molecule has 17 heavy (non-hydrogen) atoms. The molecule has 0 fully saturated rings. The van der Waals surface area contributed by atoms with E-state index in [9.17, 15) is 22.0 Å². The molecule has 0 aliphatic rings. The molecule has 0 bridgehead atoms. The number of hydrogen-bond donors (Lipinski definition) is 1. The molecule has 0 spiro atoms. The number of hydrogen-bond acceptors (Lipinski definition) is 3. The van der Waals surface area contributed by atoms with Gasteiger partial charge < -0.3 is 5.11 Å². The number of halogens is 5. The summed E-state index contributed by atoms with van der Waals surface area (Å²) in [5.41, 5.74) is -4.76. The van der Waals surface area contributed by atoms with Crippen molar-refractivity contribution in [3.05, 3.63) is 28.6 Å². The van der Waals surface area contributed by atoms with Crippen LogP contribution in [0.3, 0.4) is 0 Å². The van der Waals surface area contributed by atoms with E-state index in [0.717, 1.165) is 6.07 Å². The predicted molar refractivity (Wildman–Crippen MR) is 44.8 cm³/mol. The maximum Gasteiger partial charge on any atom is 0.419 e. The van der Waals surface area contributed by atoms with Gasteiger partial charge in [0.25, 0.3) is 6.43 Å². The molecule has 1 rings (SSSR count). The summed E-state index contributed by atoms with van der Waals surface area (Å²) < 4.78 is 62.5. The molecule has 1 aromatic heterocycles. The predicted octanol–water partition coefficient (Wildman–Crippen LogP) is 2.40. The van der Waals surface area contributed by atoms with Gasteiger partial charge in [0.2, 0.25) is 0 Å². The van der Waals surface area contributed by atoms with Gasteiger partial charge in [-0.2, -0.15) is 18.4 Å². The van der Waals surface area contributed by atoms with E-state index in [0.29, 0.717) is 6.20 Å². The zero-order valence-corrected chi connectivity index (χ0v) is 8.09. The third-order valence-corrected chi connectivity index (χ3v) is 1.96. The normalized spacial score (nSPS) is 11.6. The fourth-order valence-corrected chi connectivity index (χ4v) is 1.27. The fraction of sp³-hybridized carbons (Fsp3) is 0.333. The highest BCUT2D eigenvalue weighted by Gasteiger charge is 2.40. The van der Waals surface area contributed by atoms with Crippen molar-refractivity contribution in [1.29, 1.82) is 5.26 Å². The lowest BCUT2D eigenvalue weighted by Crippen LogP contribution is -2.15. The zero-order valence-electron chi connectivity index (χ0n) is 8.09. The zero-order chi connectivity index (χ0) is 13.2. The van der Waals surface area contributed by atoms with E-state index < -0.39 is 41.6 Å². The standard InChI is InChI=1S/C9H5F5N2O/c10-8(11)7-6(9(12,13)14)5(1-15)4(3-17)2-16-7/h2,8,17H,3H2. The Morgan fingerprint density at radius 1 is 1.41 bits per heavy atom. The molecule has 0 radical (unpaired) electrons. The molecular formula is C9H5F5N2O. The van der Waals surface area contributed by atoms with E-state index in [2.05, 4.69) is 4.98 Å². The highest BCUT2D eigenvalue weighted by molar-refractivity contribution is 5.47. The van der Waals surface area contributed by atoms with Crippen LogP contribution in [0.1, 0.15) is 28.8 Å². The van der Waals surface area contributed by atoms with Gasteiger partial charge in [-0.15, -0.1) is 0 Å². The summed E-state index contributed by atoms with van der Waals surface area (Å²) in [6.45, 7) is -0.886. The summed E-state index contributed by atoms with van der Waals surface area (Å²) in [6, 6.07) is 1.16. The SMILES string of the molecule is N#Cc1c(CO)cnc(C(F)F)c1C(F)(F)F. The Bertz CT molecular complexity index is 464. The summed E-state index contributed by atoms with van der Waals surface area (Å²) in [5, 5.41) is 17.3. The molecule has 1 N–H and O–H groups in total. The summed E-state index contributed by atoms with van der Waals surface area (Å²) in [6.07, 6.45) is -7.95. The molecule has 0 saturated heterocycles. The van der Waals surface area contributed by atoms with Crippen LogP contribution in [-0.4, -0.2) is 10.1 Å². The highest BCUT2D eigenvalue weighted by atomic mass is 19.4. The molecule has 0 aliphatic heterocycles. The summed E-state index contributed by atoms with van der Waals surface area (Å²) in [7, 11) is 0. The fourth-order valence-electron chi connectivity index (χ4n) is 1.27. The Morgan fingerprint density at radius 2 is 2.00 bits per heavy atom. The van der Waals surface area contributed by atoms with Crippen molar-refractivity contribution in [2.45, 2.75) is 19.2 Å². The van der Waals surface area contributed by atoms with Gasteiger partial charge in [-0.1, -0.05) is 0 Å². The second-order valence-corrected chi connectivity index (χ2v) is 2.99.